The lowest BCUT2D eigenvalue weighted by atomic mass is 9.99. The van der Waals surface area contributed by atoms with E-state index in [1.54, 1.807) is 0 Å². The lowest BCUT2D eigenvalue weighted by molar-refractivity contribution is -0.122. The Kier molecular flexibility index (Phi) is 6.26. The molecule has 2 fully saturated rings. The summed E-state index contributed by atoms with van der Waals surface area (Å²) >= 11 is 0. The van der Waals surface area contributed by atoms with Crippen molar-refractivity contribution in [1.82, 2.24) is 15.1 Å². The average Bonchev–Trinajstić information content (AvgIpc) is 2.44. The van der Waals surface area contributed by atoms with Crippen LogP contribution in [0.4, 0.5) is 0 Å². The number of hydrogen-bond acceptors (Lipinski definition) is 4. The SMILES string of the molecule is CC1CCN(CCNC(=O)CN2CCC(N)CC2)CC1. The number of piperidine rings is 2. The summed E-state index contributed by atoms with van der Waals surface area (Å²) in [6.07, 6.45) is 4.61. The van der Waals surface area contributed by atoms with Gasteiger partial charge in [-0.1, -0.05) is 6.92 Å². The van der Waals surface area contributed by atoms with Crippen LogP contribution in [0.5, 0.6) is 0 Å². The number of nitrogens with one attached hydrogen (secondary N) is 1. The largest absolute Gasteiger partial charge is 0.354 e. The summed E-state index contributed by atoms with van der Waals surface area (Å²) in [6.45, 7) is 8.90. The molecular formula is C15H30N4O. The maximum absolute atomic E-state index is 11.9. The van der Waals surface area contributed by atoms with Crippen molar-refractivity contribution >= 4 is 5.91 Å². The third-order valence-electron chi connectivity index (χ3n) is 4.63. The molecule has 116 valence electrons. The third-order valence-corrected chi connectivity index (χ3v) is 4.63. The van der Waals surface area contributed by atoms with E-state index in [0.29, 0.717) is 12.6 Å². The van der Waals surface area contributed by atoms with Crippen LogP contribution in [-0.2, 0) is 4.79 Å². The monoisotopic (exact) mass is 282 g/mol. The molecule has 0 atom stereocenters. The number of carbonyl (C=O) groups excluding carboxylic acids is 1. The van der Waals surface area contributed by atoms with Gasteiger partial charge < -0.3 is 16.0 Å². The summed E-state index contributed by atoms with van der Waals surface area (Å²) in [6, 6.07) is 0.329. The van der Waals surface area contributed by atoms with Gasteiger partial charge >= 0.3 is 0 Å². The van der Waals surface area contributed by atoms with Crippen LogP contribution in [0.15, 0.2) is 0 Å². The molecule has 2 rings (SSSR count). The Morgan fingerprint density at radius 3 is 2.35 bits per heavy atom. The van der Waals surface area contributed by atoms with Crippen LogP contribution in [0.2, 0.25) is 0 Å². The molecule has 2 aliphatic heterocycles. The number of nitrogens with zero attached hydrogens (tertiary/aromatic N) is 2. The molecule has 3 N–H and O–H groups in total. The lowest BCUT2D eigenvalue weighted by Crippen LogP contribution is -2.46. The molecule has 2 aliphatic rings. The highest BCUT2D eigenvalue weighted by atomic mass is 16.2. The first-order chi connectivity index (χ1) is 9.63. The summed E-state index contributed by atoms with van der Waals surface area (Å²) in [5, 5.41) is 3.05. The number of carbonyl (C=O) groups is 1. The van der Waals surface area contributed by atoms with Crippen molar-refractivity contribution in [1.29, 1.82) is 0 Å². The van der Waals surface area contributed by atoms with Crippen molar-refractivity contribution in [2.24, 2.45) is 11.7 Å². The van der Waals surface area contributed by atoms with Gasteiger partial charge in [0.2, 0.25) is 5.91 Å². The minimum absolute atomic E-state index is 0.158. The molecule has 0 aromatic heterocycles. The maximum Gasteiger partial charge on any atom is 0.234 e. The molecule has 0 bridgehead atoms. The number of rotatable bonds is 5. The van der Waals surface area contributed by atoms with Crippen LogP contribution in [0.25, 0.3) is 0 Å². The Hall–Kier alpha value is -0.650. The fourth-order valence-corrected chi connectivity index (χ4v) is 3.01. The molecule has 1 amide bonds. The number of nitrogens with two attached hydrogens (primary N) is 1. The van der Waals surface area contributed by atoms with E-state index in [4.69, 9.17) is 5.73 Å². The van der Waals surface area contributed by atoms with E-state index >= 15 is 0 Å². The maximum atomic E-state index is 11.9. The topological polar surface area (TPSA) is 61.6 Å². The first kappa shape index (κ1) is 15.7. The quantitative estimate of drug-likeness (QED) is 0.759. The molecule has 0 radical (unpaired) electrons. The van der Waals surface area contributed by atoms with Crippen LogP contribution in [0.3, 0.4) is 0 Å². The van der Waals surface area contributed by atoms with Crippen molar-refractivity contribution in [2.75, 3.05) is 45.8 Å². The molecule has 0 aromatic carbocycles. The minimum Gasteiger partial charge on any atom is -0.354 e. The molecular weight excluding hydrogens is 252 g/mol. The van der Waals surface area contributed by atoms with Crippen LogP contribution >= 0.6 is 0 Å². The molecule has 20 heavy (non-hydrogen) atoms. The smallest absolute Gasteiger partial charge is 0.234 e. The van der Waals surface area contributed by atoms with Crippen molar-refractivity contribution < 1.29 is 4.79 Å². The Balaban J connectivity index is 1.54. The Labute approximate surface area is 122 Å². The molecule has 5 nitrogen and oxygen atoms in total. The first-order valence-corrected chi connectivity index (χ1v) is 8.10. The molecule has 2 saturated heterocycles. The Morgan fingerprint density at radius 2 is 1.70 bits per heavy atom. The van der Waals surface area contributed by atoms with E-state index in [1.807, 2.05) is 0 Å². The third kappa shape index (κ3) is 5.38. The van der Waals surface area contributed by atoms with Crippen LogP contribution in [0, 0.1) is 5.92 Å². The average molecular weight is 282 g/mol. The van der Waals surface area contributed by atoms with Gasteiger partial charge in [0, 0.05) is 32.2 Å². The van der Waals surface area contributed by atoms with Crippen molar-refractivity contribution in [2.45, 2.75) is 38.6 Å². The Bertz CT molecular complexity index is 294. The second-order valence-corrected chi connectivity index (χ2v) is 6.49. The normalized spacial score (nSPS) is 23.9. The van der Waals surface area contributed by atoms with Crippen molar-refractivity contribution in [3.05, 3.63) is 0 Å². The highest BCUT2D eigenvalue weighted by Gasteiger charge is 2.18. The lowest BCUT2D eigenvalue weighted by Gasteiger charge is -2.31. The van der Waals surface area contributed by atoms with E-state index in [9.17, 15) is 4.79 Å². The second kappa shape index (κ2) is 7.96. The van der Waals surface area contributed by atoms with Gasteiger partial charge in [0.25, 0.3) is 0 Å². The highest BCUT2D eigenvalue weighted by molar-refractivity contribution is 5.78. The van der Waals surface area contributed by atoms with Crippen molar-refractivity contribution in [3.63, 3.8) is 0 Å². The van der Waals surface area contributed by atoms with Gasteiger partial charge in [0.1, 0.15) is 0 Å². The zero-order valence-electron chi connectivity index (χ0n) is 12.8. The summed E-state index contributed by atoms with van der Waals surface area (Å²) in [4.78, 5) is 16.6. The van der Waals surface area contributed by atoms with E-state index in [1.165, 1.54) is 25.9 Å². The van der Waals surface area contributed by atoms with Gasteiger partial charge in [-0.15, -0.1) is 0 Å². The van der Waals surface area contributed by atoms with Crippen molar-refractivity contribution in [3.8, 4) is 0 Å². The van der Waals surface area contributed by atoms with Crippen LogP contribution in [-0.4, -0.2) is 67.6 Å². The van der Waals surface area contributed by atoms with Gasteiger partial charge in [-0.05, 0) is 44.7 Å². The van der Waals surface area contributed by atoms with Gasteiger partial charge in [-0.2, -0.15) is 0 Å². The minimum atomic E-state index is 0.158. The summed E-state index contributed by atoms with van der Waals surface area (Å²) < 4.78 is 0. The van der Waals surface area contributed by atoms with Gasteiger partial charge in [0.15, 0.2) is 0 Å². The Morgan fingerprint density at radius 1 is 1.10 bits per heavy atom. The molecule has 2 heterocycles. The van der Waals surface area contributed by atoms with Crippen LogP contribution in [0.1, 0.15) is 32.6 Å². The summed E-state index contributed by atoms with van der Waals surface area (Å²) in [5.74, 6) is 1.03. The van der Waals surface area contributed by atoms with E-state index in [2.05, 4.69) is 22.0 Å². The number of likely N-dealkylation sites (tertiary alicyclic amines) is 2. The summed E-state index contributed by atoms with van der Waals surface area (Å²) in [5.41, 5.74) is 5.87. The van der Waals surface area contributed by atoms with Crippen LogP contribution < -0.4 is 11.1 Å². The summed E-state index contributed by atoms with van der Waals surface area (Å²) in [7, 11) is 0. The van der Waals surface area contributed by atoms with Gasteiger partial charge in [-0.3, -0.25) is 9.69 Å². The fraction of sp³-hybridized carbons (Fsp3) is 0.933. The molecule has 0 unspecified atom stereocenters. The zero-order chi connectivity index (χ0) is 14.4. The zero-order valence-corrected chi connectivity index (χ0v) is 12.8. The standard InChI is InChI=1S/C15H30N4O/c1-13-2-7-18(8-3-13)11-6-17-15(20)12-19-9-4-14(16)5-10-19/h13-14H,2-12,16H2,1H3,(H,17,20). The van der Waals surface area contributed by atoms with Gasteiger partial charge in [0.05, 0.1) is 6.54 Å². The van der Waals surface area contributed by atoms with Gasteiger partial charge in [-0.25, -0.2) is 0 Å². The van der Waals surface area contributed by atoms with E-state index in [-0.39, 0.29) is 5.91 Å². The predicted molar refractivity (Wildman–Crippen MR) is 81.5 cm³/mol. The molecule has 0 spiro atoms. The highest BCUT2D eigenvalue weighted by Crippen LogP contribution is 2.15. The molecule has 0 aromatic rings. The molecule has 5 heteroatoms. The molecule has 0 saturated carbocycles. The number of amides is 1. The molecule has 0 aliphatic carbocycles. The fourth-order valence-electron chi connectivity index (χ4n) is 3.01. The number of hydrogen-bond donors (Lipinski definition) is 2. The predicted octanol–water partition coefficient (Wildman–Crippen LogP) is 0.258. The first-order valence-electron chi connectivity index (χ1n) is 8.10. The van der Waals surface area contributed by atoms with E-state index < -0.39 is 0 Å². The van der Waals surface area contributed by atoms with E-state index in [0.717, 1.165) is 44.9 Å². The second-order valence-electron chi connectivity index (χ2n) is 6.49.